The van der Waals surface area contributed by atoms with Crippen LogP contribution in [0.15, 0.2) is 53.3 Å². The van der Waals surface area contributed by atoms with E-state index in [4.69, 9.17) is 4.74 Å². The van der Waals surface area contributed by atoms with Crippen LogP contribution in [-0.4, -0.2) is 27.3 Å². The molecular formula is C23H25N3O4. The topological polar surface area (TPSA) is 89.8 Å². The largest absolute Gasteiger partial charge is 0.458 e. The molecule has 0 saturated heterocycles. The fourth-order valence-corrected chi connectivity index (χ4v) is 3.22. The summed E-state index contributed by atoms with van der Waals surface area (Å²) in [6.07, 6.45) is 0. The number of benzene rings is 1. The summed E-state index contributed by atoms with van der Waals surface area (Å²) < 4.78 is 6.88. The van der Waals surface area contributed by atoms with E-state index in [2.05, 4.69) is 10.3 Å². The zero-order valence-electron chi connectivity index (χ0n) is 17.5. The van der Waals surface area contributed by atoms with Gasteiger partial charge in [0.2, 0.25) is 0 Å². The standard InChI is InChI=1S/C23H25N3O4/c1-14(2)21(25-22(28)18-10-6-5-8-15(18)3)23(29)30-13-17-12-20(27)26-16(4)9-7-11-19(26)24-17/h5-12,14,21H,13H2,1-4H3,(H,25,28)/t21-/m0/s1. The minimum atomic E-state index is -0.819. The molecule has 1 N–H and O–H groups in total. The number of hydrogen-bond acceptors (Lipinski definition) is 5. The number of aryl methyl sites for hydroxylation is 2. The lowest BCUT2D eigenvalue weighted by atomic mass is 10.0. The van der Waals surface area contributed by atoms with Crippen LogP contribution in [0.3, 0.4) is 0 Å². The lowest BCUT2D eigenvalue weighted by molar-refractivity contribution is -0.148. The molecule has 0 aliphatic rings. The second-order valence-electron chi connectivity index (χ2n) is 7.56. The van der Waals surface area contributed by atoms with Crippen molar-refractivity contribution in [3.05, 3.63) is 81.4 Å². The molecule has 0 unspecified atom stereocenters. The van der Waals surface area contributed by atoms with Crippen LogP contribution >= 0.6 is 0 Å². The van der Waals surface area contributed by atoms with Crippen molar-refractivity contribution in [2.45, 2.75) is 40.3 Å². The van der Waals surface area contributed by atoms with E-state index in [0.717, 1.165) is 11.3 Å². The van der Waals surface area contributed by atoms with Crippen LogP contribution in [0.2, 0.25) is 0 Å². The molecule has 2 aromatic heterocycles. The number of fused-ring (bicyclic) bond motifs is 1. The molecule has 3 rings (SSSR count). The Hall–Kier alpha value is -3.48. The molecule has 2 heterocycles. The number of pyridine rings is 1. The van der Waals surface area contributed by atoms with Crippen molar-refractivity contribution in [3.8, 4) is 0 Å². The quantitative estimate of drug-likeness (QED) is 0.635. The summed E-state index contributed by atoms with van der Waals surface area (Å²) in [4.78, 5) is 42.0. The van der Waals surface area contributed by atoms with E-state index in [0.29, 0.717) is 16.9 Å². The number of carbonyl (C=O) groups is 2. The fraction of sp³-hybridized carbons (Fsp3) is 0.304. The number of rotatable bonds is 6. The molecule has 1 aromatic carbocycles. The molecule has 156 valence electrons. The van der Waals surface area contributed by atoms with Crippen LogP contribution in [0, 0.1) is 19.8 Å². The number of esters is 1. The number of aromatic nitrogens is 2. The molecule has 0 spiro atoms. The second-order valence-corrected chi connectivity index (χ2v) is 7.56. The van der Waals surface area contributed by atoms with E-state index in [1.165, 1.54) is 10.5 Å². The van der Waals surface area contributed by atoms with Gasteiger partial charge in [-0.05, 0) is 43.5 Å². The Labute approximate surface area is 174 Å². The van der Waals surface area contributed by atoms with Gasteiger partial charge in [0, 0.05) is 17.3 Å². The molecule has 0 fully saturated rings. The van der Waals surface area contributed by atoms with Crippen molar-refractivity contribution in [1.29, 1.82) is 0 Å². The van der Waals surface area contributed by atoms with Gasteiger partial charge < -0.3 is 10.1 Å². The maximum absolute atomic E-state index is 12.7. The molecule has 1 atom stereocenters. The van der Waals surface area contributed by atoms with Crippen molar-refractivity contribution in [2.75, 3.05) is 0 Å². The normalized spacial score (nSPS) is 12.0. The highest BCUT2D eigenvalue weighted by molar-refractivity contribution is 5.98. The predicted octanol–water partition coefficient (Wildman–Crippen LogP) is 2.81. The molecule has 1 amide bonds. The third-order valence-corrected chi connectivity index (χ3v) is 4.89. The third kappa shape index (κ3) is 4.56. The second kappa shape index (κ2) is 8.90. The lowest BCUT2D eigenvalue weighted by Crippen LogP contribution is -2.45. The maximum atomic E-state index is 12.7. The van der Waals surface area contributed by atoms with Crippen molar-refractivity contribution < 1.29 is 14.3 Å². The molecule has 7 heteroatoms. The summed E-state index contributed by atoms with van der Waals surface area (Å²) in [5, 5.41) is 2.76. The first kappa shape index (κ1) is 21.2. The van der Waals surface area contributed by atoms with Crippen LogP contribution in [0.1, 0.15) is 41.2 Å². The molecule has 0 aliphatic carbocycles. The molecule has 0 bridgehead atoms. The Morgan fingerprint density at radius 1 is 1.10 bits per heavy atom. The first-order valence-electron chi connectivity index (χ1n) is 9.79. The molecular weight excluding hydrogens is 382 g/mol. The average Bonchev–Trinajstić information content (AvgIpc) is 2.70. The van der Waals surface area contributed by atoms with Crippen molar-refractivity contribution in [1.82, 2.24) is 14.7 Å². The van der Waals surface area contributed by atoms with E-state index in [1.54, 1.807) is 18.2 Å². The smallest absolute Gasteiger partial charge is 0.329 e. The number of nitrogens with zero attached hydrogens (tertiary/aromatic N) is 2. The SMILES string of the molecule is Cc1ccccc1C(=O)N[C@H](C(=O)OCc1cc(=O)n2c(C)cccc2n1)C(C)C. The van der Waals surface area contributed by atoms with E-state index < -0.39 is 12.0 Å². The Kier molecular flexibility index (Phi) is 6.30. The minimum Gasteiger partial charge on any atom is -0.458 e. The molecule has 0 radical (unpaired) electrons. The van der Waals surface area contributed by atoms with E-state index in [1.807, 2.05) is 52.0 Å². The molecule has 7 nitrogen and oxygen atoms in total. The van der Waals surface area contributed by atoms with E-state index in [-0.39, 0.29) is 24.0 Å². The van der Waals surface area contributed by atoms with Crippen LogP contribution in [-0.2, 0) is 16.1 Å². The van der Waals surface area contributed by atoms with Crippen LogP contribution in [0.25, 0.3) is 5.65 Å². The fourth-order valence-electron chi connectivity index (χ4n) is 3.22. The van der Waals surface area contributed by atoms with Gasteiger partial charge in [0.25, 0.3) is 11.5 Å². The highest BCUT2D eigenvalue weighted by Crippen LogP contribution is 2.11. The van der Waals surface area contributed by atoms with Gasteiger partial charge in [0.1, 0.15) is 18.3 Å². The van der Waals surface area contributed by atoms with E-state index >= 15 is 0 Å². The van der Waals surface area contributed by atoms with Crippen LogP contribution < -0.4 is 10.9 Å². The summed E-state index contributed by atoms with van der Waals surface area (Å²) in [5.41, 5.74) is 2.70. The zero-order valence-corrected chi connectivity index (χ0v) is 17.5. The number of hydrogen-bond donors (Lipinski definition) is 1. The summed E-state index contributed by atoms with van der Waals surface area (Å²) in [6.45, 7) is 7.16. The highest BCUT2D eigenvalue weighted by Gasteiger charge is 2.26. The lowest BCUT2D eigenvalue weighted by Gasteiger charge is -2.21. The predicted molar refractivity (Wildman–Crippen MR) is 113 cm³/mol. The van der Waals surface area contributed by atoms with Crippen molar-refractivity contribution in [3.63, 3.8) is 0 Å². The number of carbonyl (C=O) groups excluding carboxylic acids is 2. The van der Waals surface area contributed by atoms with E-state index in [9.17, 15) is 14.4 Å². The molecule has 0 aliphatic heterocycles. The summed E-state index contributed by atoms with van der Waals surface area (Å²) >= 11 is 0. The third-order valence-electron chi connectivity index (χ3n) is 4.89. The first-order valence-corrected chi connectivity index (χ1v) is 9.79. The van der Waals surface area contributed by atoms with Gasteiger partial charge in [-0.2, -0.15) is 0 Å². The van der Waals surface area contributed by atoms with Gasteiger partial charge in [-0.3, -0.25) is 14.0 Å². The van der Waals surface area contributed by atoms with Crippen molar-refractivity contribution in [2.24, 2.45) is 5.92 Å². The van der Waals surface area contributed by atoms with Gasteiger partial charge in [0.05, 0.1) is 5.69 Å². The number of nitrogens with one attached hydrogen (secondary N) is 1. The Morgan fingerprint density at radius 2 is 1.83 bits per heavy atom. The maximum Gasteiger partial charge on any atom is 0.329 e. The molecule has 30 heavy (non-hydrogen) atoms. The Bertz CT molecular complexity index is 1150. The van der Waals surface area contributed by atoms with Crippen LogP contribution in [0.5, 0.6) is 0 Å². The Morgan fingerprint density at radius 3 is 2.53 bits per heavy atom. The summed E-state index contributed by atoms with van der Waals surface area (Å²) in [7, 11) is 0. The number of ether oxygens (including phenoxy) is 1. The summed E-state index contributed by atoms with van der Waals surface area (Å²) in [5.74, 6) is -1.08. The van der Waals surface area contributed by atoms with Crippen LogP contribution in [0.4, 0.5) is 0 Å². The zero-order chi connectivity index (χ0) is 21.8. The van der Waals surface area contributed by atoms with Gasteiger partial charge >= 0.3 is 5.97 Å². The van der Waals surface area contributed by atoms with Gasteiger partial charge in [-0.25, -0.2) is 9.78 Å². The summed E-state index contributed by atoms with van der Waals surface area (Å²) in [6, 6.07) is 13.1. The van der Waals surface area contributed by atoms with Crippen molar-refractivity contribution >= 4 is 17.5 Å². The first-order chi connectivity index (χ1) is 14.3. The van der Waals surface area contributed by atoms with Gasteiger partial charge in [-0.15, -0.1) is 0 Å². The molecule has 0 saturated carbocycles. The molecule has 3 aromatic rings. The highest BCUT2D eigenvalue weighted by atomic mass is 16.5. The monoisotopic (exact) mass is 407 g/mol. The minimum absolute atomic E-state index is 0.151. The van der Waals surface area contributed by atoms with Gasteiger partial charge in [0.15, 0.2) is 0 Å². The van der Waals surface area contributed by atoms with Gasteiger partial charge in [-0.1, -0.05) is 38.1 Å². The Balaban J connectivity index is 1.73. The average molecular weight is 407 g/mol. The number of amides is 1.